The third-order valence-corrected chi connectivity index (χ3v) is 4.49. The van der Waals surface area contributed by atoms with Crippen LogP contribution in [0.2, 0.25) is 0 Å². The predicted molar refractivity (Wildman–Crippen MR) is 106 cm³/mol. The van der Waals surface area contributed by atoms with Crippen LogP contribution in [0.3, 0.4) is 0 Å². The summed E-state index contributed by atoms with van der Waals surface area (Å²) in [4.78, 5) is 3.32. The zero-order valence-corrected chi connectivity index (χ0v) is 16.0. The summed E-state index contributed by atoms with van der Waals surface area (Å²) in [5, 5.41) is 4.83. The van der Waals surface area contributed by atoms with Gasteiger partial charge in [0.2, 0.25) is 0 Å². The molecule has 0 aliphatic rings. The lowest BCUT2D eigenvalue weighted by atomic mass is 10.1. The summed E-state index contributed by atoms with van der Waals surface area (Å²) in [7, 11) is 0. The maximum atomic E-state index is 5.54. The predicted octanol–water partition coefficient (Wildman–Crippen LogP) is 5.08. The van der Waals surface area contributed by atoms with Crippen LogP contribution in [0.1, 0.15) is 18.1 Å². The van der Waals surface area contributed by atoms with Crippen LogP contribution in [-0.4, -0.2) is 18.1 Å². The lowest BCUT2D eigenvalue weighted by molar-refractivity contribution is 0.338. The van der Waals surface area contributed by atoms with Crippen molar-refractivity contribution in [3.05, 3.63) is 64.3 Å². The van der Waals surface area contributed by atoms with Crippen molar-refractivity contribution in [1.29, 1.82) is 0 Å². The minimum Gasteiger partial charge on any atom is -0.493 e. The van der Waals surface area contributed by atoms with E-state index in [0.717, 1.165) is 29.7 Å². The Morgan fingerprint density at radius 1 is 1.17 bits per heavy atom. The van der Waals surface area contributed by atoms with Gasteiger partial charge in [-0.05, 0) is 65.1 Å². The van der Waals surface area contributed by atoms with E-state index in [1.54, 1.807) is 0 Å². The number of hydrogen-bond acceptors (Lipinski definition) is 2. The van der Waals surface area contributed by atoms with Gasteiger partial charge < -0.3 is 15.0 Å². The first kappa shape index (κ1) is 18.8. The van der Waals surface area contributed by atoms with Crippen molar-refractivity contribution in [2.24, 2.45) is 0 Å². The van der Waals surface area contributed by atoms with Crippen LogP contribution in [0.25, 0.3) is 10.9 Å². The molecular formula is C19H22BrClN2O. The molecule has 2 aromatic carbocycles. The number of hydrogen-bond donors (Lipinski definition) is 2. The molecule has 128 valence electrons. The molecular weight excluding hydrogens is 388 g/mol. The number of rotatable bonds is 7. The Morgan fingerprint density at radius 3 is 2.79 bits per heavy atom. The number of aromatic nitrogens is 1. The monoisotopic (exact) mass is 408 g/mol. The van der Waals surface area contributed by atoms with Crippen molar-refractivity contribution < 1.29 is 4.74 Å². The Hall–Kier alpha value is -1.49. The smallest absolute Gasteiger partial charge is 0.133 e. The summed E-state index contributed by atoms with van der Waals surface area (Å²) in [5.74, 6) is 0.898. The fraction of sp³-hybridized carbons (Fsp3) is 0.263. The minimum absolute atomic E-state index is 0. The number of aromatic amines is 1. The molecule has 0 amide bonds. The quantitative estimate of drug-likeness (QED) is 0.534. The molecule has 5 heteroatoms. The summed E-state index contributed by atoms with van der Waals surface area (Å²) in [6, 6.07) is 14.7. The first-order valence-electron chi connectivity index (χ1n) is 7.95. The second-order valence-corrected chi connectivity index (χ2v) is 6.34. The molecule has 0 fully saturated rings. The minimum atomic E-state index is 0. The molecule has 0 unspecified atom stereocenters. The van der Waals surface area contributed by atoms with E-state index in [2.05, 4.69) is 68.8 Å². The van der Waals surface area contributed by atoms with Gasteiger partial charge in [-0.15, -0.1) is 12.4 Å². The maximum absolute atomic E-state index is 5.54. The van der Waals surface area contributed by atoms with Crippen LogP contribution < -0.4 is 10.1 Å². The number of H-pyrrole nitrogens is 1. The standard InChI is InChI=1S/C19H21BrN2O.ClH/c1-2-23-19-8-7-14(11-17(19)20)12-21-10-9-15-13-22-18-6-4-3-5-16(15)18;/h3-8,11,13,21-22H,2,9-10,12H2,1H3;1H. The Labute approximate surface area is 157 Å². The van der Waals surface area contributed by atoms with E-state index in [0.29, 0.717) is 6.61 Å². The average molecular weight is 410 g/mol. The molecule has 0 atom stereocenters. The fourth-order valence-corrected chi connectivity index (χ4v) is 3.26. The molecule has 2 N–H and O–H groups in total. The highest BCUT2D eigenvalue weighted by Crippen LogP contribution is 2.26. The molecule has 0 aliphatic carbocycles. The second-order valence-electron chi connectivity index (χ2n) is 5.48. The molecule has 0 saturated carbocycles. The van der Waals surface area contributed by atoms with Crippen molar-refractivity contribution in [3.63, 3.8) is 0 Å². The summed E-state index contributed by atoms with van der Waals surface area (Å²) in [6.07, 6.45) is 3.13. The van der Waals surface area contributed by atoms with Gasteiger partial charge in [-0.25, -0.2) is 0 Å². The van der Waals surface area contributed by atoms with E-state index in [4.69, 9.17) is 4.74 Å². The van der Waals surface area contributed by atoms with Crippen LogP contribution >= 0.6 is 28.3 Å². The van der Waals surface area contributed by atoms with Gasteiger partial charge in [0.15, 0.2) is 0 Å². The van der Waals surface area contributed by atoms with E-state index in [-0.39, 0.29) is 12.4 Å². The highest BCUT2D eigenvalue weighted by atomic mass is 79.9. The molecule has 3 nitrogen and oxygen atoms in total. The lowest BCUT2D eigenvalue weighted by Crippen LogP contribution is -2.16. The van der Waals surface area contributed by atoms with Gasteiger partial charge in [0.1, 0.15) is 5.75 Å². The van der Waals surface area contributed by atoms with E-state index in [1.807, 2.05) is 13.0 Å². The van der Waals surface area contributed by atoms with Crippen LogP contribution in [0.5, 0.6) is 5.75 Å². The summed E-state index contributed by atoms with van der Waals surface area (Å²) >= 11 is 3.56. The van der Waals surface area contributed by atoms with Crippen LogP contribution in [0.15, 0.2) is 53.1 Å². The first-order chi connectivity index (χ1) is 11.3. The Balaban J connectivity index is 0.00000208. The number of ether oxygens (including phenoxy) is 1. The molecule has 1 aromatic heterocycles. The number of halogens is 2. The highest BCUT2D eigenvalue weighted by molar-refractivity contribution is 9.10. The van der Waals surface area contributed by atoms with Crippen molar-refractivity contribution in [1.82, 2.24) is 10.3 Å². The normalized spacial score (nSPS) is 10.6. The topological polar surface area (TPSA) is 37.0 Å². The summed E-state index contributed by atoms with van der Waals surface area (Å²) < 4.78 is 6.55. The van der Waals surface area contributed by atoms with E-state index in [9.17, 15) is 0 Å². The van der Waals surface area contributed by atoms with Gasteiger partial charge >= 0.3 is 0 Å². The van der Waals surface area contributed by atoms with Gasteiger partial charge in [-0.3, -0.25) is 0 Å². The lowest BCUT2D eigenvalue weighted by Gasteiger charge is -2.09. The number of benzene rings is 2. The number of nitrogens with one attached hydrogen (secondary N) is 2. The Morgan fingerprint density at radius 2 is 2.00 bits per heavy atom. The number of para-hydroxylation sites is 1. The summed E-state index contributed by atoms with van der Waals surface area (Å²) in [6.45, 7) is 4.48. The SMILES string of the molecule is CCOc1ccc(CNCCc2c[nH]c3ccccc23)cc1Br.Cl. The number of fused-ring (bicyclic) bond motifs is 1. The van der Waals surface area contributed by atoms with Gasteiger partial charge in [-0.1, -0.05) is 24.3 Å². The average Bonchev–Trinajstić information content (AvgIpc) is 2.97. The molecule has 1 heterocycles. The third-order valence-electron chi connectivity index (χ3n) is 3.87. The second kappa shape index (κ2) is 9.11. The van der Waals surface area contributed by atoms with Gasteiger partial charge in [0, 0.05) is 23.6 Å². The third kappa shape index (κ3) is 4.53. The van der Waals surface area contributed by atoms with Crippen molar-refractivity contribution in [2.45, 2.75) is 19.9 Å². The zero-order valence-electron chi connectivity index (χ0n) is 13.6. The van der Waals surface area contributed by atoms with Crippen molar-refractivity contribution in [2.75, 3.05) is 13.2 Å². The molecule has 0 radical (unpaired) electrons. The van der Waals surface area contributed by atoms with Crippen LogP contribution in [0, 0.1) is 0 Å². The largest absolute Gasteiger partial charge is 0.493 e. The zero-order chi connectivity index (χ0) is 16.1. The molecule has 0 saturated heterocycles. The van der Waals surface area contributed by atoms with E-state index < -0.39 is 0 Å². The van der Waals surface area contributed by atoms with E-state index in [1.165, 1.54) is 22.0 Å². The molecule has 0 aliphatic heterocycles. The van der Waals surface area contributed by atoms with Crippen molar-refractivity contribution in [3.8, 4) is 5.75 Å². The molecule has 24 heavy (non-hydrogen) atoms. The van der Waals surface area contributed by atoms with Gasteiger partial charge in [0.05, 0.1) is 11.1 Å². The molecule has 0 bridgehead atoms. The van der Waals surface area contributed by atoms with Crippen LogP contribution in [-0.2, 0) is 13.0 Å². The van der Waals surface area contributed by atoms with Gasteiger partial charge in [0.25, 0.3) is 0 Å². The maximum Gasteiger partial charge on any atom is 0.133 e. The molecule has 0 spiro atoms. The fourth-order valence-electron chi connectivity index (χ4n) is 2.72. The highest BCUT2D eigenvalue weighted by Gasteiger charge is 2.04. The Kier molecular flexibility index (Phi) is 7.16. The van der Waals surface area contributed by atoms with Gasteiger partial charge in [-0.2, -0.15) is 0 Å². The van der Waals surface area contributed by atoms with Crippen molar-refractivity contribution >= 4 is 39.2 Å². The summed E-state index contributed by atoms with van der Waals surface area (Å²) in [5.41, 5.74) is 3.82. The van der Waals surface area contributed by atoms with E-state index >= 15 is 0 Å². The van der Waals surface area contributed by atoms with Crippen LogP contribution in [0.4, 0.5) is 0 Å². The molecule has 3 aromatic rings. The first-order valence-corrected chi connectivity index (χ1v) is 8.74. The molecule has 3 rings (SSSR count). The Bertz CT molecular complexity index is 788.